The van der Waals surface area contributed by atoms with E-state index in [2.05, 4.69) is 0 Å². The molecule has 0 N–H and O–H groups in total. The summed E-state index contributed by atoms with van der Waals surface area (Å²) >= 11 is 1.36. The van der Waals surface area contributed by atoms with Gasteiger partial charge in [0.25, 0.3) is 0 Å². The second-order valence-electron chi connectivity index (χ2n) is 5.55. The zero-order valence-electron chi connectivity index (χ0n) is 13.1. The van der Waals surface area contributed by atoms with E-state index in [1.807, 2.05) is 31.2 Å². The number of sulfonamides is 1. The standard InChI is InChI=1S/C17H15F2NO2S2/c1-11-13-5-3-4-6-16(13)23-17(11)20(24(2,21)22)10-12-7-8-14(18)15(19)9-12/h3-9H,10H2,1-2H3. The molecule has 0 fully saturated rings. The Morgan fingerprint density at radius 2 is 1.79 bits per heavy atom. The third kappa shape index (κ3) is 3.14. The van der Waals surface area contributed by atoms with Crippen LogP contribution >= 0.6 is 11.3 Å². The molecule has 2 aromatic carbocycles. The quantitative estimate of drug-likeness (QED) is 0.683. The third-order valence-corrected chi connectivity index (χ3v) is 6.28. The molecular weight excluding hydrogens is 352 g/mol. The Morgan fingerprint density at radius 3 is 2.42 bits per heavy atom. The molecule has 0 bridgehead atoms. The number of thiophene rings is 1. The molecule has 3 aromatic rings. The van der Waals surface area contributed by atoms with Crippen LogP contribution < -0.4 is 4.31 Å². The highest BCUT2D eigenvalue weighted by Crippen LogP contribution is 2.39. The van der Waals surface area contributed by atoms with Gasteiger partial charge in [0.15, 0.2) is 11.6 Å². The molecule has 3 nitrogen and oxygen atoms in total. The fourth-order valence-electron chi connectivity index (χ4n) is 2.54. The van der Waals surface area contributed by atoms with Crippen molar-refractivity contribution in [1.82, 2.24) is 0 Å². The van der Waals surface area contributed by atoms with Gasteiger partial charge in [-0.1, -0.05) is 24.3 Å². The van der Waals surface area contributed by atoms with Crippen molar-refractivity contribution in [3.63, 3.8) is 0 Å². The van der Waals surface area contributed by atoms with Gasteiger partial charge in [-0.25, -0.2) is 17.2 Å². The van der Waals surface area contributed by atoms with Gasteiger partial charge in [-0.2, -0.15) is 0 Å². The smallest absolute Gasteiger partial charge is 0.233 e. The Balaban J connectivity index is 2.09. The van der Waals surface area contributed by atoms with Gasteiger partial charge in [-0.3, -0.25) is 4.31 Å². The number of nitrogens with zero attached hydrogens (tertiary/aromatic N) is 1. The van der Waals surface area contributed by atoms with E-state index in [0.717, 1.165) is 34.0 Å². The lowest BCUT2D eigenvalue weighted by atomic mass is 10.2. The minimum absolute atomic E-state index is 0.0519. The summed E-state index contributed by atoms with van der Waals surface area (Å²) in [6.45, 7) is 1.81. The number of anilines is 1. The first-order valence-corrected chi connectivity index (χ1v) is 9.83. The van der Waals surface area contributed by atoms with Crippen LogP contribution in [0.15, 0.2) is 42.5 Å². The maximum Gasteiger partial charge on any atom is 0.233 e. The molecular formula is C17H15F2NO2S2. The van der Waals surface area contributed by atoms with E-state index in [1.54, 1.807) is 0 Å². The number of halogens is 2. The lowest BCUT2D eigenvalue weighted by Gasteiger charge is -2.22. The van der Waals surface area contributed by atoms with Crippen molar-refractivity contribution in [1.29, 1.82) is 0 Å². The fourth-order valence-corrected chi connectivity index (χ4v) is 5.00. The summed E-state index contributed by atoms with van der Waals surface area (Å²) in [5.74, 6) is -1.95. The van der Waals surface area contributed by atoms with Crippen LogP contribution in [-0.2, 0) is 16.6 Å². The molecule has 24 heavy (non-hydrogen) atoms. The molecule has 3 rings (SSSR count). The summed E-state index contributed by atoms with van der Waals surface area (Å²) in [6.07, 6.45) is 1.11. The van der Waals surface area contributed by atoms with Gasteiger partial charge in [-0.05, 0) is 41.6 Å². The van der Waals surface area contributed by atoms with E-state index in [-0.39, 0.29) is 6.54 Å². The Kier molecular flexibility index (Phi) is 4.31. The number of benzene rings is 2. The monoisotopic (exact) mass is 367 g/mol. The molecule has 0 amide bonds. The van der Waals surface area contributed by atoms with Crippen molar-refractivity contribution in [2.45, 2.75) is 13.5 Å². The van der Waals surface area contributed by atoms with E-state index >= 15 is 0 Å². The van der Waals surface area contributed by atoms with E-state index in [4.69, 9.17) is 0 Å². The second kappa shape index (κ2) is 6.14. The molecule has 7 heteroatoms. The first-order valence-electron chi connectivity index (χ1n) is 7.17. The maximum atomic E-state index is 13.4. The van der Waals surface area contributed by atoms with Crippen molar-refractivity contribution >= 4 is 36.4 Å². The van der Waals surface area contributed by atoms with Crippen LogP contribution in [0.5, 0.6) is 0 Å². The van der Waals surface area contributed by atoms with E-state index < -0.39 is 21.7 Å². The average Bonchev–Trinajstić information content (AvgIpc) is 2.84. The van der Waals surface area contributed by atoms with Crippen LogP contribution in [0.4, 0.5) is 13.8 Å². The lowest BCUT2D eigenvalue weighted by Crippen LogP contribution is -2.29. The Hall–Kier alpha value is -1.99. The zero-order chi connectivity index (χ0) is 17.5. The van der Waals surface area contributed by atoms with Gasteiger partial charge >= 0.3 is 0 Å². The molecule has 126 valence electrons. The summed E-state index contributed by atoms with van der Waals surface area (Å²) in [5, 5.41) is 1.57. The number of hydrogen-bond acceptors (Lipinski definition) is 3. The first-order chi connectivity index (χ1) is 11.3. The number of hydrogen-bond donors (Lipinski definition) is 0. The molecule has 0 saturated carbocycles. The SMILES string of the molecule is Cc1c(N(Cc2ccc(F)c(F)c2)S(C)(=O)=O)sc2ccccc12. The molecule has 0 radical (unpaired) electrons. The van der Waals surface area contributed by atoms with E-state index in [9.17, 15) is 17.2 Å². The summed E-state index contributed by atoms with van der Waals surface area (Å²) in [4.78, 5) is 0. The predicted molar refractivity (Wildman–Crippen MR) is 93.9 cm³/mol. The van der Waals surface area contributed by atoms with Crippen LogP contribution in [-0.4, -0.2) is 14.7 Å². The van der Waals surface area contributed by atoms with Gasteiger partial charge in [0.1, 0.15) is 5.00 Å². The van der Waals surface area contributed by atoms with Gasteiger partial charge in [-0.15, -0.1) is 11.3 Å². The largest absolute Gasteiger partial charge is 0.256 e. The van der Waals surface area contributed by atoms with Crippen molar-refractivity contribution in [3.8, 4) is 0 Å². The predicted octanol–water partition coefficient (Wildman–Crippen LogP) is 4.45. The highest BCUT2D eigenvalue weighted by atomic mass is 32.2. The van der Waals surface area contributed by atoms with Crippen LogP contribution in [0, 0.1) is 18.6 Å². The van der Waals surface area contributed by atoms with Crippen LogP contribution in [0.2, 0.25) is 0 Å². The van der Waals surface area contributed by atoms with Crippen molar-refractivity contribution in [3.05, 3.63) is 65.2 Å². The summed E-state index contributed by atoms with van der Waals surface area (Å²) in [7, 11) is -3.58. The highest BCUT2D eigenvalue weighted by Gasteiger charge is 2.23. The van der Waals surface area contributed by atoms with E-state index in [0.29, 0.717) is 10.6 Å². The van der Waals surface area contributed by atoms with Crippen LogP contribution in [0.3, 0.4) is 0 Å². The molecule has 0 saturated heterocycles. The summed E-state index contributed by atoms with van der Waals surface area (Å²) < 4.78 is 53.3. The molecule has 0 unspecified atom stereocenters. The zero-order valence-corrected chi connectivity index (χ0v) is 14.7. The average molecular weight is 367 g/mol. The Bertz CT molecular complexity index is 1010. The fraction of sp³-hybridized carbons (Fsp3) is 0.176. The topological polar surface area (TPSA) is 37.4 Å². The van der Waals surface area contributed by atoms with Gasteiger partial charge in [0, 0.05) is 4.70 Å². The molecule has 1 heterocycles. The molecule has 0 aliphatic heterocycles. The summed E-state index contributed by atoms with van der Waals surface area (Å²) in [5.41, 5.74) is 1.24. The Morgan fingerprint density at radius 1 is 1.08 bits per heavy atom. The van der Waals surface area contributed by atoms with Crippen molar-refractivity contribution in [2.75, 3.05) is 10.6 Å². The minimum Gasteiger partial charge on any atom is -0.256 e. The van der Waals surface area contributed by atoms with Gasteiger partial charge < -0.3 is 0 Å². The van der Waals surface area contributed by atoms with Crippen molar-refractivity contribution < 1.29 is 17.2 Å². The number of aryl methyl sites for hydroxylation is 1. The number of fused-ring (bicyclic) bond motifs is 1. The summed E-state index contributed by atoms with van der Waals surface area (Å²) in [6, 6.07) is 11.1. The molecule has 0 aliphatic rings. The molecule has 1 aromatic heterocycles. The maximum absolute atomic E-state index is 13.4. The molecule has 0 atom stereocenters. The Labute approximate surface area is 143 Å². The third-order valence-electron chi connectivity index (χ3n) is 3.76. The highest BCUT2D eigenvalue weighted by molar-refractivity contribution is 7.92. The van der Waals surface area contributed by atoms with Gasteiger partial charge in [0.2, 0.25) is 10.0 Å². The minimum atomic E-state index is -3.58. The van der Waals surface area contributed by atoms with Crippen LogP contribution in [0.1, 0.15) is 11.1 Å². The molecule has 0 aliphatic carbocycles. The van der Waals surface area contributed by atoms with Crippen molar-refractivity contribution in [2.24, 2.45) is 0 Å². The lowest BCUT2D eigenvalue weighted by molar-refractivity contribution is 0.507. The second-order valence-corrected chi connectivity index (χ2v) is 8.48. The normalized spacial score (nSPS) is 11.8. The molecule has 0 spiro atoms. The number of rotatable bonds is 4. The van der Waals surface area contributed by atoms with Gasteiger partial charge in [0.05, 0.1) is 12.8 Å². The van der Waals surface area contributed by atoms with Crippen LogP contribution in [0.25, 0.3) is 10.1 Å². The first kappa shape index (κ1) is 16.9. The van der Waals surface area contributed by atoms with E-state index in [1.165, 1.54) is 21.7 Å².